The number of hydrogen-bond donors (Lipinski definition) is 1. The molecule has 1 heterocycles. The van der Waals surface area contributed by atoms with E-state index in [1.54, 1.807) is 12.7 Å². The number of aliphatic hydroxyl groups is 1. The van der Waals surface area contributed by atoms with Crippen LogP contribution in [0.3, 0.4) is 0 Å². The largest absolute Gasteiger partial charge is 0.390 e. The highest BCUT2D eigenvalue weighted by molar-refractivity contribution is 9.10. The average Bonchev–Trinajstić information content (AvgIpc) is 3.04. The second kappa shape index (κ2) is 8.26. The minimum Gasteiger partial charge on any atom is -0.390 e. The summed E-state index contributed by atoms with van der Waals surface area (Å²) in [4.78, 5) is 4.08. The summed E-state index contributed by atoms with van der Waals surface area (Å²) in [6.07, 6.45) is 5.70. The lowest BCUT2D eigenvalue weighted by atomic mass is 9.74. The number of hydrogen-bond acceptors (Lipinski definition) is 3. The van der Waals surface area contributed by atoms with Crippen molar-refractivity contribution in [3.63, 3.8) is 0 Å². The molecular formula is C19H28BrN3O. The molecule has 1 N–H and O–H groups in total. The molecular weight excluding hydrogens is 366 g/mol. The van der Waals surface area contributed by atoms with Gasteiger partial charge in [0, 0.05) is 4.47 Å². The van der Waals surface area contributed by atoms with Crippen LogP contribution in [0.15, 0.2) is 41.4 Å². The van der Waals surface area contributed by atoms with Gasteiger partial charge in [0.15, 0.2) is 0 Å². The van der Waals surface area contributed by atoms with Crippen LogP contribution in [-0.2, 0) is 6.42 Å². The van der Waals surface area contributed by atoms with Gasteiger partial charge in [0.25, 0.3) is 0 Å². The van der Waals surface area contributed by atoms with Crippen LogP contribution in [0.4, 0.5) is 0 Å². The summed E-state index contributed by atoms with van der Waals surface area (Å²) in [5.41, 5.74) is 0.953. The van der Waals surface area contributed by atoms with E-state index in [2.05, 4.69) is 65.8 Å². The summed E-state index contributed by atoms with van der Waals surface area (Å²) in [5.74, 6) is 0.330. The van der Waals surface area contributed by atoms with E-state index in [1.807, 2.05) is 16.8 Å². The fraction of sp³-hybridized carbons (Fsp3) is 0.579. The van der Waals surface area contributed by atoms with Gasteiger partial charge < -0.3 is 5.11 Å². The lowest BCUT2D eigenvalue weighted by Gasteiger charge is -2.38. The molecule has 0 radical (unpaired) electrons. The van der Waals surface area contributed by atoms with Crippen molar-refractivity contribution in [1.29, 1.82) is 0 Å². The maximum absolute atomic E-state index is 11.2. The van der Waals surface area contributed by atoms with E-state index in [0.29, 0.717) is 5.92 Å². The molecule has 3 unspecified atom stereocenters. The molecule has 2 aromatic rings. The van der Waals surface area contributed by atoms with Crippen LogP contribution in [-0.4, -0.2) is 26.0 Å². The smallest absolute Gasteiger partial charge is 0.137 e. The molecule has 1 aromatic heterocycles. The number of nitrogens with zero attached hydrogens (tertiary/aromatic N) is 3. The molecule has 0 aliphatic carbocycles. The molecule has 0 spiro atoms. The van der Waals surface area contributed by atoms with Crippen LogP contribution in [0.2, 0.25) is 0 Å². The first-order valence-electron chi connectivity index (χ1n) is 8.61. The monoisotopic (exact) mass is 393 g/mol. The first-order valence-corrected chi connectivity index (χ1v) is 9.41. The van der Waals surface area contributed by atoms with Crippen LogP contribution >= 0.6 is 15.9 Å². The van der Waals surface area contributed by atoms with Crippen LogP contribution in [0.25, 0.3) is 0 Å². The highest BCUT2D eigenvalue weighted by Gasteiger charge is 2.38. The Hall–Kier alpha value is -1.20. The van der Waals surface area contributed by atoms with E-state index in [1.165, 1.54) is 5.56 Å². The lowest BCUT2D eigenvalue weighted by molar-refractivity contribution is -0.0177. The van der Waals surface area contributed by atoms with Crippen LogP contribution in [0.5, 0.6) is 0 Å². The molecule has 0 bridgehead atoms. The second-order valence-electron chi connectivity index (χ2n) is 7.37. The van der Waals surface area contributed by atoms with Crippen molar-refractivity contribution in [3.8, 4) is 0 Å². The molecule has 0 saturated carbocycles. The molecule has 1 aromatic carbocycles. The van der Waals surface area contributed by atoms with E-state index in [4.69, 9.17) is 0 Å². The Morgan fingerprint density at radius 2 is 1.92 bits per heavy atom. The van der Waals surface area contributed by atoms with Gasteiger partial charge in [0.2, 0.25) is 0 Å². The maximum Gasteiger partial charge on any atom is 0.137 e. The Bertz CT molecular complexity index is 610. The Balaban J connectivity index is 2.22. The molecule has 3 atom stereocenters. The predicted molar refractivity (Wildman–Crippen MR) is 101 cm³/mol. The standard InChI is InChI=1S/C19H28BrN3O/c1-5-6-14(2)17(23-13-21-12-22-23)18(24)19(3,4)11-15-7-9-16(20)10-8-15/h7-10,12-14,17-18,24H,5-6,11H2,1-4H3. The summed E-state index contributed by atoms with van der Waals surface area (Å²) in [6.45, 7) is 8.62. The normalized spacial score (nSPS) is 15.9. The van der Waals surface area contributed by atoms with Gasteiger partial charge in [-0.15, -0.1) is 0 Å². The van der Waals surface area contributed by atoms with Gasteiger partial charge in [-0.1, -0.05) is 62.2 Å². The zero-order chi connectivity index (χ0) is 17.7. The van der Waals surface area contributed by atoms with E-state index >= 15 is 0 Å². The highest BCUT2D eigenvalue weighted by atomic mass is 79.9. The SMILES string of the molecule is CCCC(C)C(C(O)C(C)(C)Cc1ccc(Br)cc1)n1cncn1. The molecule has 0 amide bonds. The van der Waals surface area contributed by atoms with Crippen LogP contribution < -0.4 is 0 Å². The molecule has 0 aliphatic rings. The topological polar surface area (TPSA) is 50.9 Å². The average molecular weight is 394 g/mol. The molecule has 5 heteroatoms. The minimum absolute atomic E-state index is 0.0714. The first kappa shape index (κ1) is 19.1. The number of aliphatic hydroxyl groups excluding tert-OH is 1. The third-order valence-corrected chi connectivity index (χ3v) is 5.29. The van der Waals surface area contributed by atoms with Gasteiger partial charge in [0.05, 0.1) is 12.1 Å². The third kappa shape index (κ3) is 4.67. The molecule has 0 aliphatic heterocycles. The van der Waals surface area contributed by atoms with Crippen molar-refractivity contribution >= 4 is 15.9 Å². The molecule has 4 nitrogen and oxygen atoms in total. The molecule has 0 saturated heterocycles. The Morgan fingerprint density at radius 1 is 1.25 bits per heavy atom. The van der Waals surface area contributed by atoms with Crippen molar-refractivity contribution < 1.29 is 5.11 Å². The second-order valence-corrected chi connectivity index (χ2v) is 8.28. The summed E-state index contributed by atoms with van der Waals surface area (Å²) < 4.78 is 2.90. The van der Waals surface area contributed by atoms with Crippen molar-refractivity contribution in [2.24, 2.45) is 11.3 Å². The number of rotatable bonds is 8. The van der Waals surface area contributed by atoms with Gasteiger partial charge in [-0.05, 0) is 41.9 Å². The van der Waals surface area contributed by atoms with Crippen molar-refractivity contribution in [2.75, 3.05) is 0 Å². The van der Waals surface area contributed by atoms with E-state index < -0.39 is 6.10 Å². The molecule has 0 fully saturated rings. The molecule has 24 heavy (non-hydrogen) atoms. The summed E-state index contributed by atoms with van der Waals surface area (Å²) in [5, 5.41) is 15.5. The van der Waals surface area contributed by atoms with E-state index in [-0.39, 0.29) is 11.5 Å². The Morgan fingerprint density at radius 3 is 2.46 bits per heavy atom. The van der Waals surface area contributed by atoms with Gasteiger partial charge in [-0.25, -0.2) is 9.67 Å². The van der Waals surface area contributed by atoms with E-state index in [9.17, 15) is 5.11 Å². The molecule has 2 rings (SSSR count). The van der Waals surface area contributed by atoms with Crippen molar-refractivity contribution in [2.45, 2.75) is 59.1 Å². The fourth-order valence-electron chi connectivity index (χ4n) is 3.41. The number of aromatic nitrogens is 3. The summed E-state index contributed by atoms with van der Waals surface area (Å²) in [7, 11) is 0. The third-order valence-electron chi connectivity index (χ3n) is 4.77. The summed E-state index contributed by atoms with van der Waals surface area (Å²) >= 11 is 3.47. The van der Waals surface area contributed by atoms with E-state index in [0.717, 1.165) is 23.7 Å². The van der Waals surface area contributed by atoms with Gasteiger partial charge in [-0.3, -0.25) is 0 Å². The quantitative estimate of drug-likeness (QED) is 0.709. The molecule has 132 valence electrons. The van der Waals surface area contributed by atoms with Gasteiger partial charge in [-0.2, -0.15) is 5.10 Å². The van der Waals surface area contributed by atoms with Gasteiger partial charge >= 0.3 is 0 Å². The number of halogens is 1. The van der Waals surface area contributed by atoms with Gasteiger partial charge in [0.1, 0.15) is 12.7 Å². The maximum atomic E-state index is 11.2. The van der Waals surface area contributed by atoms with Crippen molar-refractivity contribution in [1.82, 2.24) is 14.8 Å². The lowest BCUT2D eigenvalue weighted by Crippen LogP contribution is -2.42. The highest BCUT2D eigenvalue weighted by Crippen LogP contribution is 2.37. The minimum atomic E-state index is -0.510. The predicted octanol–water partition coefficient (Wildman–Crippen LogP) is 4.65. The zero-order valence-corrected chi connectivity index (χ0v) is 16.6. The Kier molecular flexibility index (Phi) is 6.58. The van der Waals surface area contributed by atoms with Crippen LogP contribution in [0, 0.1) is 11.3 Å². The number of benzene rings is 1. The summed E-state index contributed by atoms with van der Waals surface area (Å²) in [6, 6.07) is 8.24. The first-order chi connectivity index (χ1) is 11.3. The fourth-order valence-corrected chi connectivity index (χ4v) is 3.67. The zero-order valence-electron chi connectivity index (χ0n) is 15.0. The van der Waals surface area contributed by atoms with Crippen molar-refractivity contribution in [3.05, 3.63) is 47.0 Å². The Labute approximate surface area is 153 Å². The van der Waals surface area contributed by atoms with Crippen LogP contribution in [0.1, 0.15) is 52.1 Å².